The molecule has 2 aliphatic rings. The summed E-state index contributed by atoms with van der Waals surface area (Å²) in [4.78, 5) is 28.8. The number of amides is 1. The number of ether oxygens (including phenoxy) is 2. The summed E-state index contributed by atoms with van der Waals surface area (Å²) in [6.07, 6.45) is 3.20. The Labute approximate surface area is 206 Å². The highest BCUT2D eigenvalue weighted by Crippen LogP contribution is 2.34. The monoisotopic (exact) mass is 495 g/mol. The van der Waals surface area contributed by atoms with Gasteiger partial charge in [0.05, 0.1) is 12.8 Å². The third-order valence-corrected chi connectivity index (χ3v) is 7.06. The van der Waals surface area contributed by atoms with Crippen LogP contribution in [0.5, 0.6) is 11.6 Å². The molecule has 3 aromatic rings. The number of aromatic nitrogens is 2. The Balaban J connectivity index is 1.13. The number of pyridine rings is 1. The summed E-state index contributed by atoms with van der Waals surface area (Å²) in [6.45, 7) is 1.18. The van der Waals surface area contributed by atoms with Gasteiger partial charge in [0, 0.05) is 42.6 Å². The van der Waals surface area contributed by atoms with Crippen LogP contribution in [0.4, 0.5) is 4.39 Å². The van der Waals surface area contributed by atoms with E-state index in [2.05, 4.69) is 16.2 Å². The first kappa shape index (κ1) is 23.2. The van der Waals surface area contributed by atoms with Crippen molar-refractivity contribution >= 4 is 23.0 Å². The van der Waals surface area contributed by atoms with E-state index in [4.69, 9.17) is 19.3 Å². The zero-order chi connectivity index (χ0) is 24.2. The first-order chi connectivity index (χ1) is 17.1. The van der Waals surface area contributed by atoms with E-state index in [1.165, 1.54) is 24.5 Å². The Bertz CT molecular complexity index is 1230. The molecule has 1 aromatic carbocycles. The summed E-state index contributed by atoms with van der Waals surface area (Å²) in [5.74, 6) is 0.638. The van der Waals surface area contributed by atoms with Gasteiger partial charge in [-0.05, 0) is 37.1 Å². The van der Waals surface area contributed by atoms with Gasteiger partial charge in [-0.2, -0.15) is 0 Å². The van der Waals surface area contributed by atoms with Crippen LogP contribution in [-0.4, -0.2) is 53.3 Å². The minimum atomic E-state index is -0.485. The lowest BCUT2D eigenvalue weighted by Gasteiger charge is -2.31. The number of thiazole rings is 1. The van der Waals surface area contributed by atoms with Crippen LogP contribution in [0, 0.1) is 11.9 Å². The van der Waals surface area contributed by atoms with E-state index in [9.17, 15) is 9.18 Å². The number of hydrogen-bond donors (Lipinski definition) is 0. The lowest BCUT2D eigenvalue weighted by atomic mass is 9.94. The molecule has 0 bridgehead atoms. The number of oxime groups is 1. The number of methoxy groups -OCH3 is 1. The van der Waals surface area contributed by atoms with Gasteiger partial charge in [0.2, 0.25) is 0 Å². The van der Waals surface area contributed by atoms with Crippen molar-refractivity contribution < 1.29 is 23.5 Å². The van der Waals surface area contributed by atoms with Crippen molar-refractivity contribution in [3.8, 4) is 11.6 Å². The van der Waals surface area contributed by atoms with Crippen LogP contribution in [0.1, 0.15) is 47.5 Å². The van der Waals surface area contributed by atoms with Gasteiger partial charge in [0.15, 0.2) is 18.5 Å². The maximum Gasteiger partial charge on any atom is 0.260 e. The lowest BCUT2D eigenvalue weighted by molar-refractivity contribution is -0.134. The van der Waals surface area contributed by atoms with E-state index < -0.39 is 6.10 Å². The molecule has 1 fully saturated rings. The zero-order valence-corrected chi connectivity index (χ0v) is 20.0. The van der Waals surface area contributed by atoms with Gasteiger partial charge in [0.25, 0.3) is 11.8 Å². The third-order valence-electron chi connectivity index (χ3n) is 6.15. The summed E-state index contributed by atoms with van der Waals surface area (Å²) in [5, 5.41) is 6.98. The van der Waals surface area contributed by atoms with Gasteiger partial charge in [-0.3, -0.25) is 4.79 Å². The average Bonchev–Trinajstić information content (AvgIpc) is 3.58. The first-order valence-electron chi connectivity index (χ1n) is 11.4. The summed E-state index contributed by atoms with van der Waals surface area (Å²) in [6, 6.07) is 11.1. The SMILES string of the molecule is COc1cccnc1OCC(=O)N1CCC(c2csc(C3=NOC(c4[c]cccc4F)C3)n2)CC1. The molecule has 0 spiro atoms. The molecule has 2 aromatic heterocycles. The molecular formula is C25H24FN4O4S. The number of nitrogens with zero attached hydrogens (tertiary/aromatic N) is 4. The number of rotatable bonds is 7. The molecule has 2 aliphatic heterocycles. The molecule has 0 aliphatic carbocycles. The van der Waals surface area contributed by atoms with E-state index in [0.29, 0.717) is 36.7 Å². The quantitative estimate of drug-likeness (QED) is 0.490. The van der Waals surface area contributed by atoms with Crippen molar-refractivity contribution in [2.24, 2.45) is 5.16 Å². The number of likely N-dealkylation sites (tertiary alicyclic amines) is 1. The minimum Gasteiger partial charge on any atom is -0.491 e. The van der Waals surface area contributed by atoms with Crippen LogP contribution in [0.15, 0.2) is 47.1 Å². The summed E-state index contributed by atoms with van der Waals surface area (Å²) < 4.78 is 24.8. The largest absolute Gasteiger partial charge is 0.491 e. The van der Waals surface area contributed by atoms with Crippen molar-refractivity contribution in [2.75, 3.05) is 26.8 Å². The third kappa shape index (κ3) is 5.12. The Hall–Kier alpha value is -3.53. The normalized spacial score (nSPS) is 18.2. The van der Waals surface area contributed by atoms with E-state index >= 15 is 0 Å². The van der Waals surface area contributed by atoms with E-state index in [0.717, 1.165) is 29.3 Å². The number of halogens is 1. The predicted octanol–water partition coefficient (Wildman–Crippen LogP) is 4.14. The fourth-order valence-corrected chi connectivity index (χ4v) is 5.12. The Kier molecular flexibility index (Phi) is 6.89. The highest BCUT2D eigenvalue weighted by Gasteiger charge is 2.30. The van der Waals surface area contributed by atoms with Crippen LogP contribution >= 0.6 is 11.3 Å². The molecule has 1 atom stereocenters. The van der Waals surface area contributed by atoms with Crippen LogP contribution in [0.2, 0.25) is 0 Å². The second-order valence-corrected chi connectivity index (χ2v) is 9.16. The molecule has 10 heteroatoms. The lowest BCUT2D eigenvalue weighted by Crippen LogP contribution is -2.40. The Morgan fingerprint density at radius 1 is 1.31 bits per heavy atom. The summed E-state index contributed by atoms with van der Waals surface area (Å²) in [7, 11) is 1.53. The molecule has 181 valence electrons. The van der Waals surface area contributed by atoms with Crippen molar-refractivity contribution in [1.29, 1.82) is 0 Å². The number of hydrogen-bond acceptors (Lipinski definition) is 8. The molecule has 0 saturated carbocycles. The summed E-state index contributed by atoms with van der Waals surface area (Å²) >= 11 is 1.51. The molecule has 5 rings (SSSR count). The first-order valence-corrected chi connectivity index (χ1v) is 12.2. The van der Waals surface area contributed by atoms with Crippen LogP contribution in [0.3, 0.4) is 0 Å². The van der Waals surface area contributed by atoms with Crippen LogP contribution in [0.25, 0.3) is 0 Å². The highest BCUT2D eigenvalue weighted by molar-refractivity contribution is 7.11. The minimum absolute atomic E-state index is 0.0800. The van der Waals surface area contributed by atoms with Gasteiger partial charge in [-0.15, -0.1) is 11.3 Å². The molecule has 1 amide bonds. The van der Waals surface area contributed by atoms with Gasteiger partial charge >= 0.3 is 0 Å². The maximum absolute atomic E-state index is 14.1. The van der Waals surface area contributed by atoms with Gasteiger partial charge < -0.3 is 19.2 Å². The fraction of sp³-hybridized carbons (Fsp3) is 0.360. The molecule has 1 radical (unpaired) electrons. The van der Waals surface area contributed by atoms with Gasteiger partial charge in [-0.25, -0.2) is 14.4 Å². The van der Waals surface area contributed by atoms with Crippen molar-refractivity contribution in [3.05, 3.63) is 70.1 Å². The topological polar surface area (TPSA) is 86.1 Å². The van der Waals surface area contributed by atoms with Crippen molar-refractivity contribution in [1.82, 2.24) is 14.9 Å². The number of carbonyl (C=O) groups is 1. The van der Waals surface area contributed by atoms with Gasteiger partial charge in [0.1, 0.15) is 16.5 Å². The molecule has 1 saturated heterocycles. The molecule has 0 N–H and O–H groups in total. The van der Waals surface area contributed by atoms with E-state index in [1.54, 1.807) is 30.5 Å². The molecule has 4 heterocycles. The Morgan fingerprint density at radius 2 is 2.17 bits per heavy atom. The van der Waals surface area contributed by atoms with Gasteiger partial charge in [-0.1, -0.05) is 17.3 Å². The van der Waals surface area contributed by atoms with E-state index in [-0.39, 0.29) is 24.2 Å². The fourth-order valence-electron chi connectivity index (χ4n) is 4.23. The highest BCUT2D eigenvalue weighted by atomic mass is 32.1. The number of benzene rings is 1. The second kappa shape index (κ2) is 10.4. The van der Waals surface area contributed by atoms with Crippen molar-refractivity contribution in [3.63, 3.8) is 0 Å². The predicted molar refractivity (Wildman–Crippen MR) is 127 cm³/mol. The summed E-state index contributed by atoms with van der Waals surface area (Å²) in [5.41, 5.74) is 2.10. The maximum atomic E-state index is 14.1. The van der Waals surface area contributed by atoms with E-state index in [1.807, 2.05) is 10.3 Å². The van der Waals surface area contributed by atoms with Crippen LogP contribution < -0.4 is 9.47 Å². The van der Waals surface area contributed by atoms with Crippen LogP contribution in [-0.2, 0) is 9.63 Å². The Morgan fingerprint density at radius 3 is 2.97 bits per heavy atom. The molecule has 35 heavy (non-hydrogen) atoms. The second-order valence-electron chi connectivity index (χ2n) is 8.30. The molecular weight excluding hydrogens is 471 g/mol. The number of piperidine rings is 1. The zero-order valence-electron chi connectivity index (χ0n) is 19.1. The van der Waals surface area contributed by atoms with Crippen molar-refractivity contribution in [2.45, 2.75) is 31.3 Å². The smallest absolute Gasteiger partial charge is 0.260 e. The average molecular weight is 496 g/mol. The number of carbonyl (C=O) groups excluding carboxylic acids is 1. The molecule has 8 nitrogen and oxygen atoms in total. The standard InChI is InChI=1S/C25H24FN4O4S/c1-32-21-7-4-10-27-24(21)33-14-23(31)30-11-8-16(9-12-30)20-15-35-25(28-20)19-13-22(34-29-19)17-5-2-3-6-18(17)26/h2-4,6-7,10,15-16,22H,8-9,11-14H2,1H3. The molecule has 1 unspecified atom stereocenters.